The number of terminal acetylenes is 1. The Morgan fingerprint density at radius 2 is 1.97 bits per heavy atom. The Bertz CT molecular complexity index is 1210. The number of carbonyl (C=O) groups excluding carboxylic acids is 1. The van der Waals surface area contributed by atoms with Crippen LogP contribution in [-0.4, -0.2) is 22.5 Å². The van der Waals surface area contributed by atoms with E-state index >= 15 is 0 Å². The zero-order valence-electron chi connectivity index (χ0n) is 17.0. The second kappa shape index (κ2) is 9.11. The SMILES string of the molecule is C#CCOc1ccc(C2CC(=O)Nc3nc(SCc4ccccc4C)[nH]c(=O)c32)cc1. The fourth-order valence-electron chi connectivity index (χ4n) is 3.54. The molecule has 6 nitrogen and oxygen atoms in total. The Labute approximate surface area is 184 Å². The summed E-state index contributed by atoms with van der Waals surface area (Å²) in [4.78, 5) is 32.7. The summed E-state index contributed by atoms with van der Waals surface area (Å²) in [5.41, 5.74) is 3.42. The van der Waals surface area contributed by atoms with Crippen LogP contribution < -0.4 is 15.6 Å². The average Bonchev–Trinajstić information content (AvgIpc) is 2.76. The van der Waals surface area contributed by atoms with Gasteiger partial charge >= 0.3 is 0 Å². The summed E-state index contributed by atoms with van der Waals surface area (Å²) in [7, 11) is 0. The molecule has 1 aliphatic rings. The molecule has 156 valence electrons. The third-order valence-electron chi connectivity index (χ3n) is 5.16. The Morgan fingerprint density at radius 3 is 2.71 bits per heavy atom. The highest BCUT2D eigenvalue weighted by Crippen LogP contribution is 2.35. The molecule has 0 spiro atoms. The molecule has 2 heterocycles. The summed E-state index contributed by atoms with van der Waals surface area (Å²) in [5.74, 6) is 3.50. The van der Waals surface area contributed by atoms with Gasteiger partial charge in [-0.2, -0.15) is 0 Å². The van der Waals surface area contributed by atoms with Crippen molar-refractivity contribution < 1.29 is 9.53 Å². The number of anilines is 1. The first-order chi connectivity index (χ1) is 15.0. The number of benzene rings is 2. The Morgan fingerprint density at radius 1 is 1.19 bits per heavy atom. The van der Waals surface area contributed by atoms with Gasteiger partial charge < -0.3 is 15.0 Å². The van der Waals surface area contributed by atoms with Crippen LogP contribution in [0.25, 0.3) is 0 Å². The van der Waals surface area contributed by atoms with Crippen LogP contribution in [0, 0.1) is 19.3 Å². The minimum Gasteiger partial charge on any atom is -0.481 e. The van der Waals surface area contributed by atoms with Crippen molar-refractivity contribution in [3.8, 4) is 18.1 Å². The maximum atomic E-state index is 13.0. The van der Waals surface area contributed by atoms with E-state index in [-0.39, 0.29) is 30.4 Å². The van der Waals surface area contributed by atoms with E-state index in [9.17, 15) is 9.59 Å². The summed E-state index contributed by atoms with van der Waals surface area (Å²) < 4.78 is 5.40. The summed E-state index contributed by atoms with van der Waals surface area (Å²) in [6.07, 6.45) is 5.39. The van der Waals surface area contributed by atoms with Crippen molar-refractivity contribution in [1.82, 2.24) is 9.97 Å². The van der Waals surface area contributed by atoms with Gasteiger partial charge in [-0.05, 0) is 35.7 Å². The Kier molecular flexibility index (Phi) is 6.10. The largest absolute Gasteiger partial charge is 0.481 e. The monoisotopic (exact) mass is 431 g/mol. The van der Waals surface area contributed by atoms with E-state index in [2.05, 4.69) is 21.2 Å². The molecule has 2 aromatic carbocycles. The molecule has 4 rings (SSSR count). The number of H-pyrrole nitrogens is 1. The van der Waals surface area contributed by atoms with Crippen LogP contribution in [0.1, 0.15) is 34.6 Å². The van der Waals surface area contributed by atoms with E-state index in [0.717, 1.165) is 5.56 Å². The Hall–Kier alpha value is -3.50. The quantitative estimate of drug-likeness (QED) is 0.352. The lowest BCUT2D eigenvalue weighted by Crippen LogP contribution is -2.31. The van der Waals surface area contributed by atoms with Gasteiger partial charge in [0.15, 0.2) is 5.16 Å². The third-order valence-corrected chi connectivity index (χ3v) is 6.08. The molecule has 0 saturated heterocycles. The smallest absolute Gasteiger partial charge is 0.257 e. The fourth-order valence-corrected chi connectivity index (χ4v) is 4.48. The summed E-state index contributed by atoms with van der Waals surface area (Å²) in [6.45, 7) is 2.23. The molecule has 0 fully saturated rings. The van der Waals surface area contributed by atoms with Crippen molar-refractivity contribution in [1.29, 1.82) is 0 Å². The van der Waals surface area contributed by atoms with E-state index < -0.39 is 0 Å². The first kappa shape index (κ1) is 20.8. The van der Waals surface area contributed by atoms with E-state index in [1.165, 1.54) is 22.9 Å². The van der Waals surface area contributed by atoms with Crippen molar-refractivity contribution in [2.45, 2.75) is 30.2 Å². The fraction of sp³-hybridized carbons (Fsp3) is 0.208. The van der Waals surface area contributed by atoms with Crippen LogP contribution >= 0.6 is 11.8 Å². The van der Waals surface area contributed by atoms with Gasteiger partial charge in [0.2, 0.25) is 5.91 Å². The number of thioether (sulfide) groups is 1. The first-order valence-electron chi connectivity index (χ1n) is 9.82. The van der Waals surface area contributed by atoms with Crippen LogP contribution in [0.3, 0.4) is 0 Å². The van der Waals surface area contributed by atoms with Gasteiger partial charge in [0.1, 0.15) is 18.2 Å². The van der Waals surface area contributed by atoms with Gasteiger partial charge in [0, 0.05) is 18.1 Å². The summed E-state index contributed by atoms with van der Waals surface area (Å²) in [5, 5.41) is 3.24. The Balaban J connectivity index is 1.60. The van der Waals surface area contributed by atoms with Gasteiger partial charge in [-0.25, -0.2) is 4.98 Å². The molecule has 1 atom stereocenters. The second-order valence-corrected chi connectivity index (χ2v) is 8.18. The maximum Gasteiger partial charge on any atom is 0.257 e. The molecule has 1 amide bonds. The average molecular weight is 432 g/mol. The molecule has 2 N–H and O–H groups in total. The van der Waals surface area contributed by atoms with Gasteiger partial charge in [-0.15, -0.1) is 6.42 Å². The number of amides is 1. The van der Waals surface area contributed by atoms with E-state index in [4.69, 9.17) is 11.2 Å². The molecule has 0 saturated carbocycles. The standard InChI is InChI=1S/C24H21N3O3S/c1-3-12-30-18-10-8-16(9-11-18)19-13-20(28)25-22-21(19)23(29)27-24(26-22)31-14-17-7-5-4-6-15(17)2/h1,4-11,19H,12-14H2,2H3,(H2,25,26,27,28,29). The van der Waals surface area contributed by atoms with Crippen molar-refractivity contribution >= 4 is 23.5 Å². The van der Waals surface area contributed by atoms with E-state index in [1.54, 1.807) is 12.1 Å². The molecule has 0 aliphatic carbocycles. The van der Waals surface area contributed by atoms with Gasteiger partial charge in [-0.3, -0.25) is 9.59 Å². The molecule has 7 heteroatoms. The second-order valence-electron chi connectivity index (χ2n) is 7.22. The lowest BCUT2D eigenvalue weighted by Gasteiger charge is -2.24. The minimum absolute atomic E-state index is 0.168. The van der Waals surface area contributed by atoms with E-state index in [0.29, 0.717) is 28.0 Å². The van der Waals surface area contributed by atoms with Crippen LogP contribution in [0.4, 0.5) is 5.82 Å². The van der Waals surface area contributed by atoms with Crippen molar-refractivity contribution in [3.63, 3.8) is 0 Å². The third kappa shape index (κ3) is 4.65. The minimum atomic E-state index is -0.378. The number of hydrogen-bond acceptors (Lipinski definition) is 5. The zero-order valence-corrected chi connectivity index (χ0v) is 17.8. The predicted octanol–water partition coefficient (Wildman–Crippen LogP) is 3.86. The number of nitrogens with one attached hydrogen (secondary N) is 2. The van der Waals surface area contributed by atoms with Gasteiger partial charge in [-0.1, -0.05) is 54.1 Å². The molecular weight excluding hydrogens is 410 g/mol. The maximum absolute atomic E-state index is 13.0. The van der Waals surface area contributed by atoms with Crippen molar-refractivity contribution in [2.24, 2.45) is 0 Å². The number of rotatable bonds is 6. The number of aromatic amines is 1. The molecule has 1 unspecified atom stereocenters. The van der Waals surface area contributed by atoms with Crippen molar-refractivity contribution in [3.05, 3.63) is 81.1 Å². The highest BCUT2D eigenvalue weighted by atomic mass is 32.2. The van der Waals surface area contributed by atoms with Crippen LogP contribution in [0.2, 0.25) is 0 Å². The van der Waals surface area contributed by atoms with Crippen LogP contribution in [0.5, 0.6) is 5.75 Å². The number of fused-ring (bicyclic) bond motifs is 1. The summed E-state index contributed by atoms with van der Waals surface area (Å²) >= 11 is 1.43. The molecular formula is C24H21N3O3S. The van der Waals surface area contributed by atoms with Gasteiger partial charge in [0.25, 0.3) is 5.56 Å². The highest BCUT2D eigenvalue weighted by molar-refractivity contribution is 7.98. The van der Waals surface area contributed by atoms with Crippen LogP contribution in [0.15, 0.2) is 58.5 Å². The number of carbonyl (C=O) groups is 1. The predicted molar refractivity (Wildman–Crippen MR) is 121 cm³/mol. The number of hydrogen-bond donors (Lipinski definition) is 2. The molecule has 0 radical (unpaired) electrons. The lowest BCUT2D eigenvalue weighted by molar-refractivity contribution is -0.116. The number of aromatic nitrogens is 2. The van der Waals surface area contributed by atoms with Crippen molar-refractivity contribution in [2.75, 3.05) is 11.9 Å². The number of nitrogens with zero attached hydrogens (tertiary/aromatic N) is 1. The summed E-state index contributed by atoms with van der Waals surface area (Å²) in [6, 6.07) is 15.3. The zero-order chi connectivity index (χ0) is 21.8. The molecule has 0 bridgehead atoms. The highest BCUT2D eigenvalue weighted by Gasteiger charge is 2.31. The molecule has 31 heavy (non-hydrogen) atoms. The van der Waals surface area contributed by atoms with E-state index in [1.807, 2.05) is 43.3 Å². The van der Waals surface area contributed by atoms with Gasteiger partial charge in [0.05, 0.1) is 5.56 Å². The van der Waals surface area contributed by atoms with Crippen LogP contribution in [-0.2, 0) is 10.5 Å². The first-order valence-corrected chi connectivity index (χ1v) is 10.8. The topological polar surface area (TPSA) is 84.1 Å². The molecule has 1 aromatic heterocycles. The number of aryl methyl sites for hydroxylation is 1. The molecule has 1 aliphatic heterocycles. The molecule has 3 aromatic rings. The normalized spacial score (nSPS) is 15.0. The number of ether oxygens (including phenoxy) is 1. The lowest BCUT2D eigenvalue weighted by atomic mass is 9.87.